The molecule has 0 amide bonds. The standard InChI is InChI=1S/C12H20N4/c1-4-8(2)14-11-7-10(13-3)15-12(16-11)9-5-6-9/h7-9H,4-6H2,1-3H3,(H2,13,14,15,16)/t8-/m0/s1. The Morgan fingerprint density at radius 1 is 1.38 bits per heavy atom. The van der Waals surface area contributed by atoms with E-state index in [0.717, 1.165) is 23.9 Å². The quantitative estimate of drug-likeness (QED) is 0.801. The molecule has 1 atom stereocenters. The molecule has 0 radical (unpaired) electrons. The molecule has 1 aliphatic carbocycles. The molecule has 0 aromatic carbocycles. The van der Waals surface area contributed by atoms with Crippen molar-refractivity contribution in [1.82, 2.24) is 9.97 Å². The number of nitrogens with one attached hydrogen (secondary N) is 2. The van der Waals surface area contributed by atoms with Crippen LogP contribution in [0.15, 0.2) is 6.07 Å². The molecule has 2 N–H and O–H groups in total. The van der Waals surface area contributed by atoms with Crippen molar-refractivity contribution in [1.29, 1.82) is 0 Å². The molecule has 0 saturated heterocycles. The molecule has 16 heavy (non-hydrogen) atoms. The summed E-state index contributed by atoms with van der Waals surface area (Å²) in [5, 5.41) is 6.49. The Kier molecular flexibility index (Phi) is 3.27. The molecule has 1 saturated carbocycles. The van der Waals surface area contributed by atoms with Crippen molar-refractivity contribution in [2.75, 3.05) is 17.7 Å². The third kappa shape index (κ3) is 2.62. The van der Waals surface area contributed by atoms with Crippen molar-refractivity contribution in [3.63, 3.8) is 0 Å². The van der Waals surface area contributed by atoms with E-state index < -0.39 is 0 Å². The van der Waals surface area contributed by atoms with Crippen LogP contribution in [0.5, 0.6) is 0 Å². The zero-order chi connectivity index (χ0) is 11.5. The van der Waals surface area contributed by atoms with E-state index in [1.54, 1.807) is 0 Å². The molecule has 4 nitrogen and oxygen atoms in total. The SMILES string of the molecule is CC[C@H](C)Nc1cc(NC)nc(C2CC2)n1. The lowest BCUT2D eigenvalue weighted by atomic mass is 10.2. The highest BCUT2D eigenvalue weighted by Crippen LogP contribution is 2.38. The third-order valence-electron chi connectivity index (χ3n) is 2.95. The highest BCUT2D eigenvalue weighted by Gasteiger charge is 2.27. The first-order chi connectivity index (χ1) is 7.72. The molecule has 0 aliphatic heterocycles. The van der Waals surface area contributed by atoms with Gasteiger partial charge < -0.3 is 10.6 Å². The fourth-order valence-corrected chi connectivity index (χ4v) is 1.55. The zero-order valence-electron chi connectivity index (χ0n) is 10.2. The molecule has 0 unspecified atom stereocenters. The minimum absolute atomic E-state index is 0.451. The van der Waals surface area contributed by atoms with Gasteiger partial charge in [0.2, 0.25) is 0 Å². The van der Waals surface area contributed by atoms with Crippen LogP contribution in [0.4, 0.5) is 11.6 Å². The topological polar surface area (TPSA) is 49.8 Å². The van der Waals surface area contributed by atoms with Crippen molar-refractivity contribution in [2.45, 2.75) is 45.1 Å². The molecule has 1 fully saturated rings. The van der Waals surface area contributed by atoms with E-state index in [0.29, 0.717) is 12.0 Å². The van der Waals surface area contributed by atoms with Gasteiger partial charge in [-0.3, -0.25) is 0 Å². The Morgan fingerprint density at radius 2 is 2.06 bits per heavy atom. The molecule has 1 heterocycles. The molecule has 2 rings (SSSR count). The molecule has 0 bridgehead atoms. The highest BCUT2D eigenvalue weighted by atomic mass is 15.1. The molecule has 4 heteroatoms. The van der Waals surface area contributed by atoms with E-state index in [2.05, 4.69) is 34.4 Å². The van der Waals surface area contributed by atoms with Crippen LogP contribution in [0.25, 0.3) is 0 Å². The van der Waals surface area contributed by atoms with Crippen LogP contribution in [0, 0.1) is 0 Å². The van der Waals surface area contributed by atoms with Gasteiger partial charge in [-0.05, 0) is 26.2 Å². The zero-order valence-corrected chi connectivity index (χ0v) is 10.2. The fourth-order valence-electron chi connectivity index (χ4n) is 1.55. The highest BCUT2D eigenvalue weighted by molar-refractivity contribution is 5.48. The summed E-state index contributed by atoms with van der Waals surface area (Å²) >= 11 is 0. The number of rotatable bonds is 5. The first-order valence-corrected chi connectivity index (χ1v) is 6.06. The Labute approximate surface area is 96.9 Å². The molecular weight excluding hydrogens is 200 g/mol. The third-order valence-corrected chi connectivity index (χ3v) is 2.95. The maximum absolute atomic E-state index is 4.57. The largest absolute Gasteiger partial charge is 0.373 e. The van der Waals surface area contributed by atoms with Gasteiger partial charge in [-0.1, -0.05) is 6.92 Å². The number of hydrogen-bond acceptors (Lipinski definition) is 4. The van der Waals surface area contributed by atoms with E-state index in [1.165, 1.54) is 12.8 Å². The van der Waals surface area contributed by atoms with Crippen LogP contribution in [0.1, 0.15) is 44.9 Å². The van der Waals surface area contributed by atoms with Crippen LogP contribution in [0.3, 0.4) is 0 Å². The number of nitrogens with zero attached hydrogens (tertiary/aromatic N) is 2. The lowest BCUT2D eigenvalue weighted by Gasteiger charge is -2.13. The summed E-state index contributed by atoms with van der Waals surface area (Å²) < 4.78 is 0. The summed E-state index contributed by atoms with van der Waals surface area (Å²) in [6, 6.07) is 2.42. The summed E-state index contributed by atoms with van der Waals surface area (Å²) in [5.74, 6) is 3.42. The molecule has 88 valence electrons. The molecule has 0 spiro atoms. The Bertz CT molecular complexity index is 360. The normalized spacial score (nSPS) is 16.9. The van der Waals surface area contributed by atoms with Crippen LogP contribution in [-0.4, -0.2) is 23.1 Å². The monoisotopic (exact) mass is 220 g/mol. The van der Waals surface area contributed by atoms with E-state index in [4.69, 9.17) is 0 Å². The predicted molar refractivity (Wildman–Crippen MR) is 66.9 cm³/mol. The van der Waals surface area contributed by atoms with E-state index in [9.17, 15) is 0 Å². The van der Waals surface area contributed by atoms with Crippen LogP contribution in [0.2, 0.25) is 0 Å². The number of anilines is 2. The van der Waals surface area contributed by atoms with Crippen molar-refractivity contribution >= 4 is 11.6 Å². The maximum Gasteiger partial charge on any atom is 0.136 e. The van der Waals surface area contributed by atoms with Gasteiger partial charge in [0.1, 0.15) is 17.5 Å². The average molecular weight is 220 g/mol. The van der Waals surface area contributed by atoms with Crippen molar-refractivity contribution in [2.24, 2.45) is 0 Å². The van der Waals surface area contributed by atoms with Crippen LogP contribution >= 0.6 is 0 Å². The van der Waals surface area contributed by atoms with Crippen molar-refractivity contribution < 1.29 is 0 Å². The van der Waals surface area contributed by atoms with Crippen molar-refractivity contribution in [3.05, 3.63) is 11.9 Å². The second-order valence-electron chi connectivity index (χ2n) is 4.47. The molecular formula is C12H20N4. The number of aromatic nitrogens is 2. The average Bonchev–Trinajstić information content (AvgIpc) is 3.12. The Balaban J connectivity index is 2.18. The van der Waals surface area contributed by atoms with Gasteiger partial charge in [-0.25, -0.2) is 9.97 Å². The molecule has 1 aromatic rings. The van der Waals surface area contributed by atoms with Crippen molar-refractivity contribution in [3.8, 4) is 0 Å². The lowest BCUT2D eigenvalue weighted by Crippen LogP contribution is -2.15. The minimum atomic E-state index is 0.451. The molecule has 1 aliphatic rings. The Hall–Kier alpha value is -1.32. The van der Waals surface area contributed by atoms with Gasteiger partial charge in [0, 0.05) is 25.1 Å². The maximum atomic E-state index is 4.57. The van der Waals surface area contributed by atoms with Crippen LogP contribution < -0.4 is 10.6 Å². The van der Waals surface area contributed by atoms with Crippen LogP contribution in [-0.2, 0) is 0 Å². The van der Waals surface area contributed by atoms with E-state index in [-0.39, 0.29) is 0 Å². The second-order valence-corrected chi connectivity index (χ2v) is 4.47. The second kappa shape index (κ2) is 4.68. The smallest absolute Gasteiger partial charge is 0.136 e. The summed E-state index contributed by atoms with van der Waals surface area (Å²) in [4.78, 5) is 9.05. The van der Waals surface area contributed by atoms with Gasteiger partial charge in [-0.15, -0.1) is 0 Å². The molecule has 1 aromatic heterocycles. The predicted octanol–water partition coefficient (Wildman–Crippen LogP) is 2.61. The lowest BCUT2D eigenvalue weighted by molar-refractivity contribution is 0.755. The summed E-state index contributed by atoms with van der Waals surface area (Å²) in [6.07, 6.45) is 3.56. The van der Waals surface area contributed by atoms with Gasteiger partial charge >= 0.3 is 0 Å². The first kappa shape index (κ1) is 11.2. The van der Waals surface area contributed by atoms with E-state index in [1.807, 2.05) is 13.1 Å². The summed E-state index contributed by atoms with van der Waals surface area (Å²) in [6.45, 7) is 4.33. The van der Waals surface area contributed by atoms with Gasteiger partial charge in [-0.2, -0.15) is 0 Å². The minimum Gasteiger partial charge on any atom is -0.373 e. The van der Waals surface area contributed by atoms with Gasteiger partial charge in [0.05, 0.1) is 0 Å². The van der Waals surface area contributed by atoms with Gasteiger partial charge in [0.25, 0.3) is 0 Å². The number of hydrogen-bond donors (Lipinski definition) is 2. The Morgan fingerprint density at radius 3 is 2.62 bits per heavy atom. The fraction of sp³-hybridized carbons (Fsp3) is 0.667. The van der Waals surface area contributed by atoms with E-state index >= 15 is 0 Å². The summed E-state index contributed by atoms with van der Waals surface area (Å²) in [5.41, 5.74) is 0. The first-order valence-electron chi connectivity index (χ1n) is 6.06. The summed E-state index contributed by atoms with van der Waals surface area (Å²) in [7, 11) is 1.89. The van der Waals surface area contributed by atoms with Gasteiger partial charge in [0.15, 0.2) is 0 Å².